The minimum absolute atomic E-state index is 0.515. The summed E-state index contributed by atoms with van der Waals surface area (Å²) in [7, 11) is 2.24. The Hall–Kier alpha value is -0.970. The van der Waals surface area contributed by atoms with Crippen molar-refractivity contribution >= 4 is 0 Å². The maximum Gasteiger partial charge on any atom is 0.0544 e. The molecule has 4 nitrogen and oxygen atoms in total. The molecule has 1 atom stereocenters. The maximum absolute atomic E-state index is 4.63. The molecule has 0 aromatic carbocycles. The molecule has 4 heteroatoms. The van der Waals surface area contributed by atoms with Gasteiger partial charge in [-0.05, 0) is 25.1 Å². The molecule has 0 radical (unpaired) electrons. The highest BCUT2D eigenvalue weighted by Gasteiger charge is 2.22. The van der Waals surface area contributed by atoms with Crippen molar-refractivity contribution in [3.8, 4) is 0 Å². The molecule has 1 N–H and O–H groups in total. The molecule has 1 aliphatic rings. The Labute approximate surface area is 129 Å². The van der Waals surface area contributed by atoms with Gasteiger partial charge >= 0.3 is 0 Å². The van der Waals surface area contributed by atoms with Crippen LogP contribution in [0.1, 0.15) is 38.4 Å². The van der Waals surface area contributed by atoms with Crippen molar-refractivity contribution in [3.05, 3.63) is 29.6 Å². The first-order chi connectivity index (χ1) is 10.1. The number of pyridine rings is 1. The van der Waals surface area contributed by atoms with Gasteiger partial charge in [-0.2, -0.15) is 0 Å². The summed E-state index contributed by atoms with van der Waals surface area (Å²) < 4.78 is 0. The van der Waals surface area contributed by atoms with Gasteiger partial charge in [-0.3, -0.25) is 9.88 Å². The lowest BCUT2D eigenvalue weighted by atomic mass is 10.1. The number of aromatic nitrogens is 1. The second kappa shape index (κ2) is 7.87. The van der Waals surface area contributed by atoms with Gasteiger partial charge in [-0.15, -0.1) is 0 Å². The first-order valence-corrected chi connectivity index (χ1v) is 8.18. The fourth-order valence-electron chi connectivity index (χ4n) is 2.80. The fraction of sp³-hybridized carbons (Fsp3) is 0.706. The van der Waals surface area contributed by atoms with Crippen LogP contribution in [0.25, 0.3) is 0 Å². The average molecular weight is 290 g/mol. The van der Waals surface area contributed by atoms with E-state index in [0.717, 1.165) is 32.7 Å². The van der Waals surface area contributed by atoms with E-state index in [1.165, 1.54) is 17.7 Å². The van der Waals surface area contributed by atoms with Crippen LogP contribution in [-0.2, 0) is 13.1 Å². The van der Waals surface area contributed by atoms with E-state index < -0.39 is 0 Å². The van der Waals surface area contributed by atoms with Gasteiger partial charge in [0.2, 0.25) is 0 Å². The summed E-state index contributed by atoms with van der Waals surface area (Å²) >= 11 is 0. The van der Waals surface area contributed by atoms with Crippen LogP contribution in [0, 0.1) is 0 Å². The normalized spacial score (nSPS) is 21.1. The minimum Gasteiger partial charge on any atom is -0.310 e. The molecule has 1 aliphatic heterocycles. The summed E-state index contributed by atoms with van der Waals surface area (Å²) in [5.41, 5.74) is 2.44. The summed E-state index contributed by atoms with van der Waals surface area (Å²) in [6.07, 6.45) is 3.23. The van der Waals surface area contributed by atoms with E-state index in [4.69, 9.17) is 0 Å². The number of rotatable bonds is 6. The Kier molecular flexibility index (Phi) is 6.15. The number of piperazine rings is 1. The van der Waals surface area contributed by atoms with Crippen molar-refractivity contribution < 1.29 is 0 Å². The summed E-state index contributed by atoms with van der Waals surface area (Å²) in [5, 5.41) is 3.42. The van der Waals surface area contributed by atoms with Crippen molar-refractivity contribution in [2.75, 3.05) is 26.7 Å². The van der Waals surface area contributed by atoms with Crippen molar-refractivity contribution in [1.29, 1.82) is 0 Å². The van der Waals surface area contributed by atoms with Crippen molar-refractivity contribution in [2.45, 2.75) is 52.4 Å². The molecule has 1 fully saturated rings. The summed E-state index contributed by atoms with van der Waals surface area (Å²) in [6.45, 7) is 11.9. The quantitative estimate of drug-likeness (QED) is 0.869. The van der Waals surface area contributed by atoms with E-state index in [9.17, 15) is 0 Å². The largest absolute Gasteiger partial charge is 0.310 e. The van der Waals surface area contributed by atoms with Gasteiger partial charge in [0.25, 0.3) is 0 Å². The molecular formula is C17H30N4. The minimum atomic E-state index is 0.515. The number of hydrogen-bond acceptors (Lipinski definition) is 4. The van der Waals surface area contributed by atoms with Crippen LogP contribution in [0.2, 0.25) is 0 Å². The van der Waals surface area contributed by atoms with E-state index in [2.05, 4.69) is 60.1 Å². The predicted molar refractivity (Wildman–Crippen MR) is 88.2 cm³/mol. The van der Waals surface area contributed by atoms with Crippen LogP contribution in [-0.4, -0.2) is 53.5 Å². The average Bonchev–Trinajstić information content (AvgIpc) is 2.48. The molecule has 2 heterocycles. The molecule has 0 spiro atoms. The van der Waals surface area contributed by atoms with Crippen LogP contribution in [0.3, 0.4) is 0 Å². The molecule has 2 rings (SSSR count). The molecule has 0 saturated carbocycles. The zero-order valence-corrected chi connectivity index (χ0v) is 14.0. The number of nitrogens with one attached hydrogen (secondary N) is 1. The second-order valence-electron chi connectivity index (χ2n) is 6.47. The van der Waals surface area contributed by atoms with Gasteiger partial charge < -0.3 is 10.2 Å². The second-order valence-corrected chi connectivity index (χ2v) is 6.47. The summed E-state index contributed by atoms with van der Waals surface area (Å²) in [6, 6.07) is 5.58. The van der Waals surface area contributed by atoms with Gasteiger partial charge in [-0.1, -0.05) is 26.8 Å². The Morgan fingerprint density at radius 2 is 2.14 bits per heavy atom. The molecule has 118 valence electrons. The zero-order chi connectivity index (χ0) is 15.2. The third-order valence-corrected chi connectivity index (χ3v) is 4.32. The molecule has 1 saturated heterocycles. The van der Waals surface area contributed by atoms with Gasteiger partial charge in [-0.25, -0.2) is 0 Å². The van der Waals surface area contributed by atoms with Gasteiger partial charge in [0.05, 0.1) is 5.69 Å². The van der Waals surface area contributed by atoms with E-state index in [-0.39, 0.29) is 0 Å². The maximum atomic E-state index is 4.63. The summed E-state index contributed by atoms with van der Waals surface area (Å²) in [4.78, 5) is 9.63. The molecule has 0 aliphatic carbocycles. The fourth-order valence-corrected chi connectivity index (χ4v) is 2.80. The van der Waals surface area contributed by atoms with Gasteiger partial charge in [0.15, 0.2) is 0 Å². The van der Waals surface area contributed by atoms with E-state index in [1.807, 2.05) is 6.20 Å². The monoisotopic (exact) mass is 290 g/mol. The SMILES string of the molecule is CCC1CN(Cc2ccc(CNC(C)C)cn2)CCN1C. The Morgan fingerprint density at radius 3 is 2.76 bits per heavy atom. The van der Waals surface area contributed by atoms with Crippen LogP contribution < -0.4 is 5.32 Å². The standard InChI is InChI=1S/C17H30N4/c1-5-17-13-21(9-8-20(17)4)12-16-7-6-15(11-19-16)10-18-14(2)3/h6-7,11,14,17-18H,5,8-10,12-13H2,1-4H3. The third kappa shape index (κ3) is 5.06. The van der Waals surface area contributed by atoms with Crippen LogP contribution in [0.15, 0.2) is 18.3 Å². The third-order valence-electron chi connectivity index (χ3n) is 4.32. The van der Waals surface area contributed by atoms with E-state index >= 15 is 0 Å². The molecule has 1 aromatic rings. The van der Waals surface area contributed by atoms with E-state index in [1.54, 1.807) is 0 Å². The highest BCUT2D eigenvalue weighted by Crippen LogP contribution is 2.13. The van der Waals surface area contributed by atoms with Crippen LogP contribution in [0.4, 0.5) is 0 Å². The lowest BCUT2D eigenvalue weighted by Gasteiger charge is -2.39. The molecule has 1 unspecified atom stereocenters. The lowest BCUT2D eigenvalue weighted by Crippen LogP contribution is -2.50. The van der Waals surface area contributed by atoms with Gasteiger partial charge in [0.1, 0.15) is 0 Å². The highest BCUT2D eigenvalue weighted by molar-refractivity contribution is 5.14. The molecule has 21 heavy (non-hydrogen) atoms. The van der Waals surface area contributed by atoms with E-state index in [0.29, 0.717) is 12.1 Å². The van der Waals surface area contributed by atoms with Crippen molar-refractivity contribution in [3.63, 3.8) is 0 Å². The lowest BCUT2D eigenvalue weighted by molar-refractivity contribution is 0.0875. The van der Waals surface area contributed by atoms with Crippen LogP contribution in [0.5, 0.6) is 0 Å². The zero-order valence-electron chi connectivity index (χ0n) is 14.0. The number of likely N-dealkylation sites (N-methyl/N-ethyl adjacent to an activating group) is 1. The Morgan fingerprint density at radius 1 is 1.33 bits per heavy atom. The molecule has 1 aromatic heterocycles. The Balaban J connectivity index is 1.85. The van der Waals surface area contributed by atoms with Crippen molar-refractivity contribution in [1.82, 2.24) is 20.1 Å². The molecule has 0 bridgehead atoms. The smallest absolute Gasteiger partial charge is 0.0544 e. The number of nitrogens with zero attached hydrogens (tertiary/aromatic N) is 3. The Bertz CT molecular complexity index is 415. The highest BCUT2D eigenvalue weighted by atomic mass is 15.3. The van der Waals surface area contributed by atoms with Gasteiger partial charge in [0, 0.05) is 51.0 Å². The molecule has 0 amide bonds. The number of hydrogen-bond donors (Lipinski definition) is 1. The van der Waals surface area contributed by atoms with Crippen LogP contribution >= 0.6 is 0 Å². The topological polar surface area (TPSA) is 31.4 Å². The summed E-state index contributed by atoms with van der Waals surface area (Å²) in [5.74, 6) is 0. The predicted octanol–water partition coefficient (Wildman–Crippen LogP) is 2.11. The first kappa shape index (κ1) is 16.4. The van der Waals surface area contributed by atoms with Crippen molar-refractivity contribution in [2.24, 2.45) is 0 Å². The first-order valence-electron chi connectivity index (χ1n) is 8.18. The molecular weight excluding hydrogens is 260 g/mol.